The Morgan fingerprint density at radius 2 is 1.90 bits per heavy atom. The molecule has 0 amide bonds. The van der Waals surface area contributed by atoms with Crippen molar-refractivity contribution in [3.8, 4) is 0 Å². The van der Waals surface area contributed by atoms with Crippen LogP contribution in [0.4, 0.5) is 0 Å². The van der Waals surface area contributed by atoms with Crippen LogP contribution in [0.15, 0.2) is 14.3 Å². The fourth-order valence-corrected chi connectivity index (χ4v) is 5.84. The molecule has 0 bridgehead atoms. The van der Waals surface area contributed by atoms with Crippen molar-refractivity contribution in [1.82, 2.24) is 5.32 Å². The van der Waals surface area contributed by atoms with Gasteiger partial charge in [0.05, 0.1) is 3.79 Å². The van der Waals surface area contributed by atoms with E-state index < -0.39 is 0 Å². The lowest BCUT2D eigenvalue weighted by Gasteiger charge is -2.38. The number of thiophene rings is 1. The highest BCUT2D eigenvalue weighted by atomic mass is 79.9. The van der Waals surface area contributed by atoms with Gasteiger partial charge < -0.3 is 5.32 Å². The first-order valence-corrected chi connectivity index (χ1v) is 10.7. The largest absolute Gasteiger partial charge is 0.314 e. The minimum Gasteiger partial charge on any atom is -0.314 e. The van der Waals surface area contributed by atoms with E-state index in [2.05, 4.69) is 43.2 Å². The number of hydrogen-bond donors (Lipinski definition) is 1. The van der Waals surface area contributed by atoms with E-state index in [1.807, 2.05) is 11.3 Å². The second-order valence-corrected chi connectivity index (χ2v) is 10.2. The van der Waals surface area contributed by atoms with Gasteiger partial charge in [-0.3, -0.25) is 0 Å². The third-order valence-electron chi connectivity index (χ3n) is 5.18. The fraction of sp³-hybridized carbons (Fsp3) is 0.765. The molecule has 1 heterocycles. The van der Waals surface area contributed by atoms with Gasteiger partial charge in [-0.25, -0.2) is 0 Å². The van der Waals surface area contributed by atoms with Crippen molar-refractivity contribution in [2.45, 2.75) is 70.3 Å². The Kier molecular flexibility index (Phi) is 5.85. The molecule has 1 aromatic heterocycles. The Bertz CT molecular complexity index is 442. The Morgan fingerprint density at radius 3 is 2.52 bits per heavy atom. The van der Waals surface area contributed by atoms with Gasteiger partial charge in [-0.2, -0.15) is 0 Å². The van der Waals surface area contributed by atoms with Crippen molar-refractivity contribution >= 4 is 43.2 Å². The first kappa shape index (κ1) is 16.5. The van der Waals surface area contributed by atoms with Gasteiger partial charge >= 0.3 is 0 Å². The van der Waals surface area contributed by atoms with Crippen LogP contribution in [0.5, 0.6) is 0 Å². The summed E-state index contributed by atoms with van der Waals surface area (Å²) in [6.07, 6.45) is 14.1. The molecular weight excluding hydrogens is 410 g/mol. The minimum absolute atomic E-state index is 0.614. The van der Waals surface area contributed by atoms with Crippen LogP contribution in [-0.4, -0.2) is 12.6 Å². The van der Waals surface area contributed by atoms with E-state index in [9.17, 15) is 0 Å². The van der Waals surface area contributed by atoms with Crippen molar-refractivity contribution in [2.24, 2.45) is 5.41 Å². The van der Waals surface area contributed by atoms with Crippen molar-refractivity contribution in [1.29, 1.82) is 0 Å². The molecule has 1 aromatic rings. The highest BCUT2D eigenvalue weighted by molar-refractivity contribution is 9.13. The first-order chi connectivity index (χ1) is 10.2. The number of rotatable bonds is 7. The van der Waals surface area contributed by atoms with Gasteiger partial charge in [0.15, 0.2) is 0 Å². The standard InChI is InChI=1S/C17H25Br2NS/c18-15-12-14(21-16(15)19)6-9-17(7-2-1-3-8-17)10-11-20-13-4-5-13/h12-13,20H,1-11H2. The van der Waals surface area contributed by atoms with E-state index in [4.69, 9.17) is 0 Å². The molecule has 2 aliphatic carbocycles. The molecular formula is C17H25Br2NS. The summed E-state index contributed by atoms with van der Waals surface area (Å²) in [5, 5.41) is 3.73. The maximum atomic E-state index is 3.73. The van der Waals surface area contributed by atoms with Gasteiger partial charge in [0.2, 0.25) is 0 Å². The zero-order chi connectivity index (χ0) is 14.7. The lowest BCUT2D eigenvalue weighted by molar-refractivity contribution is 0.157. The van der Waals surface area contributed by atoms with Gasteiger partial charge in [-0.1, -0.05) is 19.3 Å². The van der Waals surface area contributed by atoms with Crippen LogP contribution >= 0.6 is 43.2 Å². The molecule has 4 heteroatoms. The third-order valence-corrected chi connectivity index (χ3v) is 8.49. The topological polar surface area (TPSA) is 12.0 Å². The lowest BCUT2D eigenvalue weighted by Crippen LogP contribution is -2.30. The Morgan fingerprint density at radius 1 is 1.14 bits per heavy atom. The average Bonchev–Trinajstić information content (AvgIpc) is 3.24. The third kappa shape index (κ3) is 4.79. The molecule has 1 nitrogen and oxygen atoms in total. The molecule has 0 unspecified atom stereocenters. The van der Waals surface area contributed by atoms with E-state index in [1.54, 1.807) is 0 Å². The molecule has 0 saturated heterocycles. The maximum Gasteiger partial charge on any atom is 0.0843 e. The Labute approximate surface area is 149 Å². The number of aryl methyl sites for hydroxylation is 1. The van der Waals surface area contributed by atoms with Gasteiger partial charge in [-0.05, 0) is 94.8 Å². The zero-order valence-electron chi connectivity index (χ0n) is 12.6. The molecule has 2 saturated carbocycles. The lowest BCUT2D eigenvalue weighted by atomic mass is 9.69. The summed E-state index contributed by atoms with van der Waals surface area (Å²) in [7, 11) is 0. The van der Waals surface area contributed by atoms with Crippen molar-refractivity contribution < 1.29 is 0 Å². The zero-order valence-corrected chi connectivity index (χ0v) is 16.6. The summed E-state index contributed by atoms with van der Waals surface area (Å²) in [6, 6.07) is 3.16. The quantitative estimate of drug-likeness (QED) is 0.530. The fourth-order valence-electron chi connectivity index (χ4n) is 3.66. The van der Waals surface area contributed by atoms with Crippen molar-refractivity contribution in [3.63, 3.8) is 0 Å². The van der Waals surface area contributed by atoms with Gasteiger partial charge in [-0.15, -0.1) is 11.3 Å². The SMILES string of the molecule is Brc1cc(CCC2(CCNC3CC3)CCCCC2)sc1Br. The van der Waals surface area contributed by atoms with Crippen LogP contribution < -0.4 is 5.32 Å². The predicted octanol–water partition coefficient (Wildman–Crippen LogP) is 6.30. The summed E-state index contributed by atoms with van der Waals surface area (Å²) in [6.45, 7) is 1.24. The predicted molar refractivity (Wildman–Crippen MR) is 99.2 cm³/mol. The molecule has 0 spiro atoms. The molecule has 1 N–H and O–H groups in total. The maximum absolute atomic E-state index is 3.73. The minimum atomic E-state index is 0.614. The van der Waals surface area contributed by atoms with E-state index in [-0.39, 0.29) is 0 Å². The molecule has 21 heavy (non-hydrogen) atoms. The van der Waals surface area contributed by atoms with Crippen LogP contribution in [0.3, 0.4) is 0 Å². The summed E-state index contributed by atoms with van der Waals surface area (Å²) in [5.74, 6) is 0. The van der Waals surface area contributed by atoms with Crippen molar-refractivity contribution in [3.05, 3.63) is 19.2 Å². The van der Waals surface area contributed by atoms with Gasteiger partial charge in [0.1, 0.15) is 0 Å². The summed E-state index contributed by atoms with van der Waals surface area (Å²) in [4.78, 5) is 1.52. The number of halogens is 2. The van der Waals surface area contributed by atoms with E-state index >= 15 is 0 Å². The second kappa shape index (κ2) is 7.46. The summed E-state index contributed by atoms with van der Waals surface area (Å²) < 4.78 is 2.46. The molecule has 118 valence electrons. The van der Waals surface area contributed by atoms with Gasteiger partial charge in [0, 0.05) is 15.4 Å². The second-order valence-electron chi connectivity index (χ2n) is 6.87. The number of hydrogen-bond acceptors (Lipinski definition) is 2. The molecule has 0 atom stereocenters. The van der Waals surface area contributed by atoms with E-state index in [1.165, 1.54) is 83.9 Å². The highest BCUT2D eigenvalue weighted by Gasteiger charge is 2.32. The van der Waals surface area contributed by atoms with Crippen LogP contribution in [0.25, 0.3) is 0 Å². The highest BCUT2D eigenvalue weighted by Crippen LogP contribution is 2.44. The van der Waals surface area contributed by atoms with E-state index in [0.29, 0.717) is 5.41 Å². The van der Waals surface area contributed by atoms with Crippen LogP contribution in [0.2, 0.25) is 0 Å². The monoisotopic (exact) mass is 433 g/mol. The van der Waals surface area contributed by atoms with Crippen LogP contribution in [0.1, 0.15) is 62.7 Å². The normalized spacial score (nSPS) is 21.6. The average molecular weight is 435 g/mol. The summed E-state index contributed by atoms with van der Waals surface area (Å²) >= 11 is 9.13. The molecule has 2 fully saturated rings. The Balaban J connectivity index is 1.55. The molecule has 3 rings (SSSR count). The van der Waals surface area contributed by atoms with Crippen molar-refractivity contribution in [2.75, 3.05) is 6.54 Å². The van der Waals surface area contributed by atoms with E-state index in [0.717, 1.165) is 6.04 Å². The van der Waals surface area contributed by atoms with Crippen LogP contribution in [-0.2, 0) is 6.42 Å². The molecule has 0 aliphatic heterocycles. The first-order valence-electron chi connectivity index (χ1n) is 8.34. The Hall–Kier alpha value is 0.620. The smallest absolute Gasteiger partial charge is 0.0843 e. The molecule has 0 aromatic carbocycles. The van der Waals surface area contributed by atoms with Gasteiger partial charge in [0.25, 0.3) is 0 Å². The molecule has 0 radical (unpaired) electrons. The van der Waals surface area contributed by atoms with Crippen LogP contribution in [0, 0.1) is 5.41 Å². The number of nitrogens with one attached hydrogen (secondary N) is 1. The summed E-state index contributed by atoms with van der Waals surface area (Å²) in [5.41, 5.74) is 0.614. The molecule has 2 aliphatic rings.